The van der Waals surface area contributed by atoms with Crippen molar-refractivity contribution in [1.29, 1.82) is 0 Å². The Morgan fingerprint density at radius 2 is 2.50 bits per heavy atom. The summed E-state index contributed by atoms with van der Waals surface area (Å²) in [5.74, 6) is 2.71. The fourth-order valence-electron chi connectivity index (χ4n) is 2.43. The van der Waals surface area contributed by atoms with Gasteiger partial charge in [0.15, 0.2) is 0 Å². The first-order chi connectivity index (χ1) is 7.92. The summed E-state index contributed by atoms with van der Waals surface area (Å²) >= 11 is 0. The number of terminal acetylenes is 1. The Kier molecular flexibility index (Phi) is 3.96. The van der Waals surface area contributed by atoms with Crippen LogP contribution < -0.4 is 0 Å². The lowest BCUT2D eigenvalue weighted by Crippen LogP contribution is -2.24. The van der Waals surface area contributed by atoms with E-state index in [1.165, 1.54) is 24.9 Å². The molecule has 1 aliphatic rings. The lowest BCUT2D eigenvalue weighted by Gasteiger charge is -2.24. The maximum atomic E-state index is 5.28. The van der Waals surface area contributed by atoms with Gasteiger partial charge in [0, 0.05) is 24.9 Å². The summed E-state index contributed by atoms with van der Waals surface area (Å²) in [6.07, 6.45) is 13.6. The number of likely N-dealkylation sites (tertiary alicyclic amines) is 1. The van der Waals surface area contributed by atoms with E-state index in [2.05, 4.69) is 21.9 Å². The summed E-state index contributed by atoms with van der Waals surface area (Å²) < 4.78 is 0. The first-order valence-electron chi connectivity index (χ1n) is 5.99. The Balaban J connectivity index is 1.96. The molecule has 2 nitrogen and oxygen atoms in total. The van der Waals surface area contributed by atoms with Crippen LogP contribution in [0.4, 0.5) is 0 Å². The SMILES string of the molecule is C#CCCCN1CCC[C@H]1c1cccnc1. The maximum Gasteiger partial charge on any atom is 0.0363 e. The molecule has 1 aliphatic heterocycles. The summed E-state index contributed by atoms with van der Waals surface area (Å²) in [6, 6.07) is 4.76. The molecule has 84 valence electrons. The predicted octanol–water partition coefficient (Wildman–Crippen LogP) is 2.63. The summed E-state index contributed by atoms with van der Waals surface area (Å²) in [6.45, 7) is 2.31. The van der Waals surface area contributed by atoms with Crippen LogP contribution in [-0.4, -0.2) is 23.0 Å². The minimum atomic E-state index is 0.562. The highest BCUT2D eigenvalue weighted by Gasteiger charge is 2.25. The molecule has 0 spiro atoms. The van der Waals surface area contributed by atoms with Gasteiger partial charge in [-0.05, 0) is 44.0 Å². The number of rotatable bonds is 4. The molecule has 2 rings (SSSR count). The fraction of sp³-hybridized carbons (Fsp3) is 0.500. The third-order valence-electron chi connectivity index (χ3n) is 3.20. The third kappa shape index (κ3) is 2.62. The first-order valence-corrected chi connectivity index (χ1v) is 5.99. The number of pyridine rings is 1. The molecule has 2 heteroatoms. The minimum absolute atomic E-state index is 0.562. The highest BCUT2D eigenvalue weighted by Crippen LogP contribution is 2.31. The summed E-state index contributed by atoms with van der Waals surface area (Å²) in [7, 11) is 0. The van der Waals surface area contributed by atoms with Crippen LogP contribution in [0.2, 0.25) is 0 Å². The van der Waals surface area contributed by atoms with E-state index in [0.29, 0.717) is 6.04 Å². The summed E-state index contributed by atoms with van der Waals surface area (Å²) in [5.41, 5.74) is 1.35. The predicted molar refractivity (Wildman–Crippen MR) is 65.9 cm³/mol. The molecular formula is C14H18N2. The van der Waals surface area contributed by atoms with Gasteiger partial charge in [-0.15, -0.1) is 12.3 Å². The maximum absolute atomic E-state index is 5.28. The van der Waals surface area contributed by atoms with Crippen LogP contribution in [0.15, 0.2) is 24.5 Å². The van der Waals surface area contributed by atoms with Crippen molar-refractivity contribution in [2.24, 2.45) is 0 Å². The van der Waals surface area contributed by atoms with Gasteiger partial charge in [0.05, 0.1) is 0 Å². The lowest BCUT2D eigenvalue weighted by atomic mass is 10.1. The van der Waals surface area contributed by atoms with Gasteiger partial charge in [-0.3, -0.25) is 9.88 Å². The molecule has 1 saturated heterocycles. The van der Waals surface area contributed by atoms with Gasteiger partial charge in [-0.25, -0.2) is 0 Å². The molecule has 0 bridgehead atoms. The summed E-state index contributed by atoms with van der Waals surface area (Å²) in [4.78, 5) is 6.74. The van der Waals surface area contributed by atoms with Crippen LogP contribution in [0.1, 0.15) is 37.3 Å². The second-order valence-corrected chi connectivity index (χ2v) is 4.29. The minimum Gasteiger partial charge on any atom is -0.296 e. The van der Waals surface area contributed by atoms with E-state index in [9.17, 15) is 0 Å². The topological polar surface area (TPSA) is 16.1 Å². The third-order valence-corrected chi connectivity index (χ3v) is 3.20. The fourth-order valence-corrected chi connectivity index (χ4v) is 2.43. The normalized spacial score (nSPS) is 20.8. The molecular weight excluding hydrogens is 196 g/mol. The molecule has 0 radical (unpaired) electrons. The Bertz CT molecular complexity index is 353. The van der Waals surface area contributed by atoms with Crippen molar-refractivity contribution in [3.8, 4) is 12.3 Å². The van der Waals surface area contributed by atoms with Crippen molar-refractivity contribution >= 4 is 0 Å². The first kappa shape index (κ1) is 11.2. The van der Waals surface area contributed by atoms with Gasteiger partial charge in [-0.2, -0.15) is 0 Å². The largest absolute Gasteiger partial charge is 0.296 e. The van der Waals surface area contributed by atoms with Gasteiger partial charge in [0.1, 0.15) is 0 Å². The average Bonchev–Trinajstić information content (AvgIpc) is 2.79. The van der Waals surface area contributed by atoms with Crippen molar-refractivity contribution in [3.05, 3.63) is 30.1 Å². The Morgan fingerprint density at radius 1 is 1.56 bits per heavy atom. The molecule has 16 heavy (non-hydrogen) atoms. The van der Waals surface area contributed by atoms with Crippen LogP contribution in [0.25, 0.3) is 0 Å². The van der Waals surface area contributed by atoms with E-state index in [4.69, 9.17) is 6.42 Å². The second-order valence-electron chi connectivity index (χ2n) is 4.29. The van der Waals surface area contributed by atoms with Crippen molar-refractivity contribution < 1.29 is 0 Å². The number of unbranched alkanes of at least 4 members (excludes halogenated alkanes) is 1. The van der Waals surface area contributed by atoms with Gasteiger partial charge < -0.3 is 0 Å². The highest BCUT2D eigenvalue weighted by atomic mass is 15.2. The van der Waals surface area contributed by atoms with Crippen LogP contribution in [0.5, 0.6) is 0 Å². The molecule has 0 aromatic carbocycles. The number of hydrogen-bond acceptors (Lipinski definition) is 2. The Morgan fingerprint density at radius 3 is 3.25 bits per heavy atom. The van der Waals surface area contributed by atoms with Crippen molar-refractivity contribution in [2.75, 3.05) is 13.1 Å². The van der Waals surface area contributed by atoms with Gasteiger partial charge >= 0.3 is 0 Å². The smallest absolute Gasteiger partial charge is 0.0363 e. The molecule has 0 unspecified atom stereocenters. The van der Waals surface area contributed by atoms with E-state index < -0.39 is 0 Å². The average molecular weight is 214 g/mol. The standard InChI is InChI=1S/C14H18N2/c1-2-3-4-10-16-11-6-8-14(16)13-7-5-9-15-12-13/h1,5,7,9,12,14H,3-4,6,8,10-11H2/t14-/m0/s1. The van der Waals surface area contributed by atoms with Crippen LogP contribution in [0.3, 0.4) is 0 Å². The lowest BCUT2D eigenvalue weighted by molar-refractivity contribution is 0.255. The highest BCUT2D eigenvalue weighted by molar-refractivity contribution is 5.15. The quantitative estimate of drug-likeness (QED) is 0.566. The van der Waals surface area contributed by atoms with Gasteiger partial charge in [0.2, 0.25) is 0 Å². The van der Waals surface area contributed by atoms with E-state index in [1.807, 2.05) is 18.5 Å². The Hall–Kier alpha value is -1.33. The molecule has 0 amide bonds. The van der Waals surface area contributed by atoms with Crippen LogP contribution >= 0.6 is 0 Å². The molecule has 1 fully saturated rings. The van der Waals surface area contributed by atoms with E-state index in [1.54, 1.807) is 0 Å². The van der Waals surface area contributed by atoms with Crippen LogP contribution in [0, 0.1) is 12.3 Å². The molecule has 1 aromatic heterocycles. The number of aromatic nitrogens is 1. The monoisotopic (exact) mass is 214 g/mol. The zero-order valence-electron chi connectivity index (χ0n) is 9.60. The second kappa shape index (κ2) is 5.67. The molecule has 0 saturated carbocycles. The van der Waals surface area contributed by atoms with E-state index >= 15 is 0 Å². The Labute approximate surface area is 97.7 Å². The summed E-state index contributed by atoms with van der Waals surface area (Å²) in [5, 5.41) is 0. The zero-order chi connectivity index (χ0) is 11.2. The van der Waals surface area contributed by atoms with Crippen molar-refractivity contribution in [1.82, 2.24) is 9.88 Å². The molecule has 0 N–H and O–H groups in total. The van der Waals surface area contributed by atoms with Crippen LogP contribution in [-0.2, 0) is 0 Å². The molecule has 1 atom stereocenters. The molecule has 2 heterocycles. The van der Waals surface area contributed by atoms with Gasteiger partial charge in [0.25, 0.3) is 0 Å². The molecule has 1 aromatic rings. The van der Waals surface area contributed by atoms with Crippen molar-refractivity contribution in [2.45, 2.75) is 31.7 Å². The van der Waals surface area contributed by atoms with Crippen molar-refractivity contribution in [3.63, 3.8) is 0 Å². The zero-order valence-corrected chi connectivity index (χ0v) is 9.60. The number of hydrogen-bond donors (Lipinski definition) is 0. The van der Waals surface area contributed by atoms with E-state index in [-0.39, 0.29) is 0 Å². The molecule has 0 aliphatic carbocycles. The number of nitrogens with zero attached hydrogens (tertiary/aromatic N) is 2. The van der Waals surface area contributed by atoms with E-state index in [0.717, 1.165) is 19.4 Å². The van der Waals surface area contributed by atoms with Gasteiger partial charge in [-0.1, -0.05) is 6.07 Å².